The highest BCUT2D eigenvalue weighted by Gasteiger charge is 2.31. The molecule has 9 heteroatoms. The molecule has 0 aliphatic rings. The number of hydrogen-bond acceptors (Lipinski definition) is 6. The number of amides is 1. The molecule has 9 nitrogen and oxygen atoms in total. The second-order valence-corrected chi connectivity index (χ2v) is 4.37. The summed E-state index contributed by atoms with van der Waals surface area (Å²) in [6, 6.07) is 0. The first kappa shape index (κ1) is 16.6. The molecule has 21 heavy (non-hydrogen) atoms. The number of likely N-dealkylation sites (N-methyl/N-ethyl adjacent to an activating group) is 1. The first-order valence-electron chi connectivity index (χ1n) is 6.55. The zero-order chi connectivity index (χ0) is 16.0. The van der Waals surface area contributed by atoms with Crippen molar-refractivity contribution in [3.63, 3.8) is 0 Å². The van der Waals surface area contributed by atoms with Gasteiger partial charge in [0, 0.05) is 7.05 Å². The van der Waals surface area contributed by atoms with Gasteiger partial charge in [0.15, 0.2) is 0 Å². The molecular weight excluding hydrogens is 280 g/mol. The molecule has 0 spiro atoms. The molecule has 0 saturated heterocycles. The van der Waals surface area contributed by atoms with Gasteiger partial charge in [-0.1, -0.05) is 13.3 Å². The topological polar surface area (TPSA) is 118 Å². The molecule has 1 rings (SSSR count). The Hall–Kier alpha value is -2.45. The monoisotopic (exact) mass is 298 g/mol. The third-order valence-electron chi connectivity index (χ3n) is 2.72. The molecule has 1 heterocycles. The number of nitrogens with one attached hydrogen (secondary N) is 1. The van der Waals surface area contributed by atoms with Crippen molar-refractivity contribution in [3.8, 4) is 0 Å². The highest BCUT2D eigenvalue weighted by Crippen LogP contribution is 2.23. The number of hydrogen-bond donors (Lipinski definition) is 1. The van der Waals surface area contributed by atoms with E-state index in [0.717, 1.165) is 4.90 Å². The number of H-pyrrole nitrogens is 1. The lowest BCUT2D eigenvalue weighted by Crippen LogP contribution is -2.33. The molecular formula is C12H18N4O5. The maximum absolute atomic E-state index is 12.2. The standard InChI is InChI=1S/C12H18N4O5/c1-4-6-8-11(16(19)20)10(14-13-8)12(18)15(3)7-9(17)21-5-2/h4-7H2,1-3H3,(H,13,14). The van der Waals surface area contributed by atoms with Crippen LogP contribution in [0, 0.1) is 10.1 Å². The number of aromatic nitrogens is 2. The fourth-order valence-electron chi connectivity index (χ4n) is 1.80. The van der Waals surface area contributed by atoms with Gasteiger partial charge in [-0.2, -0.15) is 5.10 Å². The SMILES string of the molecule is CCCc1[nH]nc(C(=O)N(C)CC(=O)OCC)c1[N+](=O)[O-]. The predicted octanol–water partition coefficient (Wildman–Crippen LogP) is 0.906. The molecule has 1 aromatic heterocycles. The Morgan fingerprint density at radius 3 is 2.62 bits per heavy atom. The van der Waals surface area contributed by atoms with Crippen molar-refractivity contribution in [1.82, 2.24) is 15.1 Å². The van der Waals surface area contributed by atoms with Crippen LogP contribution in [0.1, 0.15) is 36.5 Å². The van der Waals surface area contributed by atoms with Crippen LogP contribution in [0.3, 0.4) is 0 Å². The summed E-state index contributed by atoms with van der Waals surface area (Å²) in [5, 5.41) is 17.3. The second-order valence-electron chi connectivity index (χ2n) is 4.37. The van der Waals surface area contributed by atoms with Crippen molar-refractivity contribution in [2.75, 3.05) is 20.2 Å². The molecule has 0 fully saturated rings. The second kappa shape index (κ2) is 7.36. The van der Waals surface area contributed by atoms with Crippen molar-refractivity contribution in [1.29, 1.82) is 0 Å². The highest BCUT2D eigenvalue weighted by atomic mass is 16.6. The van der Waals surface area contributed by atoms with E-state index in [1.807, 2.05) is 6.92 Å². The van der Waals surface area contributed by atoms with Crippen molar-refractivity contribution in [2.45, 2.75) is 26.7 Å². The number of nitrogens with zero attached hydrogens (tertiary/aromatic N) is 3. The molecule has 1 aromatic rings. The zero-order valence-electron chi connectivity index (χ0n) is 12.2. The summed E-state index contributed by atoms with van der Waals surface area (Å²) >= 11 is 0. The molecule has 116 valence electrons. The summed E-state index contributed by atoms with van der Waals surface area (Å²) < 4.78 is 4.73. The van der Waals surface area contributed by atoms with Gasteiger partial charge in [0.05, 0.1) is 11.5 Å². The van der Waals surface area contributed by atoms with Crippen LogP contribution in [0.25, 0.3) is 0 Å². The number of carbonyl (C=O) groups excluding carboxylic acids is 2. The fourth-order valence-corrected chi connectivity index (χ4v) is 1.80. The van der Waals surface area contributed by atoms with Gasteiger partial charge in [-0.3, -0.25) is 24.8 Å². The summed E-state index contributed by atoms with van der Waals surface area (Å²) in [5.41, 5.74) is -0.330. The number of ether oxygens (including phenoxy) is 1. The Bertz CT molecular complexity index is 540. The summed E-state index contributed by atoms with van der Waals surface area (Å²) in [4.78, 5) is 35.0. The van der Waals surface area contributed by atoms with E-state index >= 15 is 0 Å². The Morgan fingerprint density at radius 2 is 2.10 bits per heavy atom. The van der Waals surface area contributed by atoms with Crippen LogP contribution in [0.15, 0.2) is 0 Å². The van der Waals surface area contributed by atoms with E-state index in [4.69, 9.17) is 4.74 Å². The Labute approximate surface area is 121 Å². The number of aromatic amines is 1. The van der Waals surface area contributed by atoms with Gasteiger partial charge in [-0.25, -0.2) is 0 Å². The summed E-state index contributed by atoms with van der Waals surface area (Å²) in [7, 11) is 1.36. The molecule has 0 bridgehead atoms. The number of esters is 1. The molecule has 0 atom stereocenters. The van der Waals surface area contributed by atoms with E-state index in [1.54, 1.807) is 6.92 Å². The largest absolute Gasteiger partial charge is 0.465 e. The van der Waals surface area contributed by atoms with Gasteiger partial charge in [-0.15, -0.1) is 0 Å². The Balaban J connectivity index is 2.96. The van der Waals surface area contributed by atoms with Crippen LogP contribution in [0.5, 0.6) is 0 Å². The highest BCUT2D eigenvalue weighted by molar-refractivity contribution is 5.97. The third-order valence-corrected chi connectivity index (χ3v) is 2.72. The van der Waals surface area contributed by atoms with Gasteiger partial charge in [0.25, 0.3) is 5.91 Å². The zero-order valence-corrected chi connectivity index (χ0v) is 12.2. The summed E-state index contributed by atoms with van der Waals surface area (Å²) in [6.45, 7) is 3.41. The molecule has 0 radical (unpaired) electrons. The third kappa shape index (κ3) is 4.01. The summed E-state index contributed by atoms with van der Waals surface area (Å²) in [5.74, 6) is -1.28. The van der Waals surface area contributed by atoms with E-state index < -0.39 is 16.8 Å². The van der Waals surface area contributed by atoms with Crippen LogP contribution >= 0.6 is 0 Å². The van der Waals surface area contributed by atoms with E-state index in [-0.39, 0.29) is 24.5 Å². The number of aryl methyl sites for hydroxylation is 1. The van der Waals surface area contributed by atoms with Crippen LogP contribution in [0.2, 0.25) is 0 Å². The number of nitro groups is 1. The first-order valence-corrected chi connectivity index (χ1v) is 6.55. The Kier molecular flexibility index (Phi) is 5.82. The molecule has 0 aliphatic heterocycles. The van der Waals surface area contributed by atoms with Crippen molar-refractivity contribution >= 4 is 17.6 Å². The van der Waals surface area contributed by atoms with Crippen LogP contribution in [-0.2, 0) is 16.0 Å². The maximum atomic E-state index is 12.2. The van der Waals surface area contributed by atoms with Crippen LogP contribution in [0.4, 0.5) is 5.69 Å². The Morgan fingerprint density at radius 1 is 1.43 bits per heavy atom. The molecule has 0 aliphatic carbocycles. The van der Waals surface area contributed by atoms with Gasteiger partial charge >= 0.3 is 11.7 Å². The average Bonchev–Trinajstić information content (AvgIpc) is 2.82. The lowest BCUT2D eigenvalue weighted by Gasteiger charge is -2.14. The lowest BCUT2D eigenvalue weighted by atomic mass is 10.2. The average molecular weight is 298 g/mol. The van der Waals surface area contributed by atoms with Gasteiger partial charge in [0.1, 0.15) is 12.2 Å². The van der Waals surface area contributed by atoms with Crippen LogP contribution in [-0.4, -0.2) is 52.1 Å². The van der Waals surface area contributed by atoms with Gasteiger partial charge < -0.3 is 9.64 Å². The smallest absolute Gasteiger partial charge is 0.325 e. The minimum Gasteiger partial charge on any atom is -0.465 e. The molecule has 0 unspecified atom stereocenters. The number of carbonyl (C=O) groups is 2. The molecule has 0 saturated carbocycles. The number of rotatable bonds is 7. The normalized spacial score (nSPS) is 10.2. The van der Waals surface area contributed by atoms with Crippen LogP contribution < -0.4 is 0 Å². The van der Waals surface area contributed by atoms with Crippen molar-refractivity contribution < 1.29 is 19.2 Å². The molecule has 1 amide bonds. The van der Waals surface area contributed by atoms with Gasteiger partial charge in [0.2, 0.25) is 5.69 Å². The molecule has 1 N–H and O–H groups in total. The van der Waals surface area contributed by atoms with Crippen molar-refractivity contribution in [3.05, 3.63) is 21.5 Å². The fraction of sp³-hybridized carbons (Fsp3) is 0.583. The van der Waals surface area contributed by atoms with Crippen molar-refractivity contribution in [2.24, 2.45) is 0 Å². The van der Waals surface area contributed by atoms with E-state index in [2.05, 4.69) is 10.2 Å². The quantitative estimate of drug-likeness (QED) is 0.454. The maximum Gasteiger partial charge on any atom is 0.325 e. The molecule has 0 aromatic carbocycles. The summed E-state index contributed by atoms with van der Waals surface area (Å²) in [6.07, 6.45) is 1.09. The minimum atomic E-state index is -0.701. The van der Waals surface area contributed by atoms with E-state index in [0.29, 0.717) is 18.5 Å². The minimum absolute atomic E-state index is 0.198. The van der Waals surface area contributed by atoms with Gasteiger partial charge in [-0.05, 0) is 13.3 Å². The first-order chi connectivity index (χ1) is 9.92. The lowest BCUT2D eigenvalue weighted by molar-refractivity contribution is -0.385. The predicted molar refractivity (Wildman–Crippen MR) is 72.8 cm³/mol. The van der Waals surface area contributed by atoms with E-state index in [9.17, 15) is 19.7 Å². The van der Waals surface area contributed by atoms with E-state index in [1.165, 1.54) is 7.05 Å².